The van der Waals surface area contributed by atoms with Crippen molar-refractivity contribution in [2.24, 2.45) is 0 Å². The molecule has 0 bridgehead atoms. The predicted octanol–water partition coefficient (Wildman–Crippen LogP) is 3.75. The van der Waals surface area contributed by atoms with Crippen LogP contribution in [0.1, 0.15) is 45.4 Å². The molecule has 96 valence electrons. The third-order valence-corrected chi connectivity index (χ3v) is 2.92. The maximum Gasteiger partial charge on any atom is 0.0541 e. The van der Waals surface area contributed by atoms with E-state index in [4.69, 9.17) is 5.21 Å². The molecular weight excluding hydrogens is 212 g/mol. The minimum absolute atomic E-state index is 0.840. The molecule has 0 amide bonds. The third-order valence-electron chi connectivity index (χ3n) is 2.92. The summed E-state index contributed by atoms with van der Waals surface area (Å²) in [4.78, 5) is 0. The lowest BCUT2D eigenvalue weighted by atomic mass is 10.1. The maximum atomic E-state index is 9.10. The molecule has 3 heteroatoms. The van der Waals surface area contributed by atoms with Crippen molar-refractivity contribution in [1.82, 2.24) is 5.59 Å². The lowest BCUT2D eigenvalue weighted by Crippen LogP contribution is -2.36. The minimum Gasteiger partial charge on any atom is -0.297 e. The van der Waals surface area contributed by atoms with Gasteiger partial charge in [0, 0.05) is 6.54 Å². The van der Waals surface area contributed by atoms with Crippen molar-refractivity contribution < 1.29 is 5.21 Å². The number of benzene rings is 1. The summed E-state index contributed by atoms with van der Waals surface area (Å²) in [6, 6.07) is 9.90. The van der Waals surface area contributed by atoms with E-state index >= 15 is 0 Å². The van der Waals surface area contributed by atoms with Gasteiger partial charge in [-0.1, -0.05) is 57.2 Å². The van der Waals surface area contributed by atoms with Crippen molar-refractivity contribution in [3.8, 4) is 0 Å². The molecule has 3 nitrogen and oxygen atoms in total. The Hall–Kier alpha value is -1.06. The van der Waals surface area contributed by atoms with Crippen molar-refractivity contribution in [2.75, 3.05) is 11.6 Å². The summed E-state index contributed by atoms with van der Waals surface area (Å²) in [5.74, 6) is 0. The zero-order valence-corrected chi connectivity index (χ0v) is 10.7. The van der Waals surface area contributed by atoms with Crippen LogP contribution in [0.3, 0.4) is 0 Å². The van der Waals surface area contributed by atoms with Crippen molar-refractivity contribution >= 4 is 5.69 Å². The monoisotopic (exact) mass is 236 g/mol. The molecule has 0 aromatic heterocycles. The molecule has 0 aliphatic heterocycles. The van der Waals surface area contributed by atoms with Gasteiger partial charge in [0.15, 0.2) is 0 Å². The average Bonchev–Trinajstić information content (AvgIpc) is 2.39. The van der Waals surface area contributed by atoms with Crippen LogP contribution in [0.2, 0.25) is 0 Å². The number of hydrazine groups is 1. The van der Waals surface area contributed by atoms with E-state index < -0.39 is 0 Å². The van der Waals surface area contributed by atoms with Gasteiger partial charge in [0.2, 0.25) is 0 Å². The van der Waals surface area contributed by atoms with E-state index in [9.17, 15) is 0 Å². The molecule has 0 fully saturated rings. The van der Waals surface area contributed by atoms with E-state index in [0.717, 1.165) is 18.7 Å². The molecule has 0 radical (unpaired) electrons. The van der Waals surface area contributed by atoms with Gasteiger partial charge in [0.05, 0.1) is 5.69 Å². The van der Waals surface area contributed by atoms with Gasteiger partial charge in [-0.3, -0.25) is 10.2 Å². The number of unbranched alkanes of at least 4 members (excludes halogenated alkanes) is 5. The van der Waals surface area contributed by atoms with Crippen LogP contribution in [0, 0.1) is 0 Å². The smallest absolute Gasteiger partial charge is 0.0541 e. The first-order chi connectivity index (χ1) is 8.38. The maximum absolute atomic E-state index is 9.10. The fraction of sp³-hybridized carbons (Fsp3) is 0.571. The van der Waals surface area contributed by atoms with E-state index in [-0.39, 0.29) is 0 Å². The number of rotatable bonds is 9. The van der Waals surface area contributed by atoms with Crippen LogP contribution in [-0.2, 0) is 0 Å². The molecule has 0 aliphatic rings. The molecule has 0 spiro atoms. The Kier molecular flexibility index (Phi) is 7.43. The zero-order valence-electron chi connectivity index (χ0n) is 10.7. The summed E-state index contributed by atoms with van der Waals surface area (Å²) in [7, 11) is 0. The summed E-state index contributed by atoms with van der Waals surface area (Å²) in [6.45, 7) is 3.07. The highest BCUT2D eigenvalue weighted by molar-refractivity contribution is 5.44. The Bertz CT molecular complexity index is 277. The molecular formula is C14H24N2O. The second kappa shape index (κ2) is 9.02. The molecule has 1 rings (SSSR count). The van der Waals surface area contributed by atoms with Crippen LogP contribution in [0.15, 0.2) is 30.3 Å². The number of hydrogen-bond donors (Lipinski definition) is 2. The Labute approximate surface area is 104 Å². The largest absolute Gasteiger partial charge is 0.297 e. The van der Waals surface area contributed by atoms with Crippen molar-refractivity contribution in [3.63, 3.8) is 0 Å². The molecule has 0 saturated heterocycles. The molecule has 0 unspecified atom stereocenters. The first kappa shape index (κ1) is 14.0. The Morgan fingerprint density at radius 2 is 1.65 bits per heavy atom. The second-order valence-corrected chi connectivity index (χ2v) is 4.35. The summed E-state index contributed by atoms with van der Waals surface area (Å²) >= 11 is 0. The topological polar surface area (TPSA) is 35.5 Å². The van der Waals surface area contributed by atoms with E-state index in [1.54, 1.807) is 5.01 Å². The standard InChI is InChI=1S/C14H24N2O/c1-2-3-4-5-6-10-13-16(15-17)14-11-8-7-9-12-14/h7-9,11-12,15,17H,2-6,10,13H2,1H3. The first-order valence-corrected chi connectivity index (χ1v) is 6.60. The highest BCUT2D eigenvalue weighted by atomic mass is 16.5. The van der Waals surface area contributed by atoms with Gasteiger partial charge in [-0.25, -0.2) is 0 Å². The molecule has 2 N–H and O–H groups in total. The molecule has 17 heavy (non-hydrogen) atoms. The number of para-hydroxylation sites is 1. The van der Waals surface area contributed by atoms with Gasteiger partial charge in [0.1, 0.15) is 0 Å². The van der Waals surface area contributed by atoms with Crippen LogP contribution in [0.25, 0.3) is 0 Å². The number of nitrogens with zero attached hydrogens (tertiary/aromatic N) is 1. The Morgan fingerprint density at radius 3 is 2.29 bits per heavy atom. The van der Waals surface area contributed by atoms with Crippen molar-refractivity contribution in [2.45, 2.75) is 45.4 Å². The Morgan fingerprint density at radius 1 is 1.00 bits per heavy atom. The van der Waals surface area contributed by atoms with Gasteiger partial charge >= 0.3 is 0 Å². The van der Waals surface area contributed by atoms with Gasteiger partial charge in [0.25, 0.3) is 0 Å². The van der Waals surface area contributed by atoms with Crippen LogP contribution >= 0.6 is 0 Å². The van der Waals surface area contributed by atoms with Gasteiger partial charge < -0.3 is 0 Å². The zero-order chi connectivity index (χ0) is 12.3. The van der Waals surface area contributed by atoms with Crippen LogP contribution in [0.4, 0.5) is 5.69 Å². The van der Waals surface area contributed by atoms with E-state index in [2.05, 4.69) is 12.5 Å². The lowest BCUT2D eigenvalue weighted by Gasteiger charge is -2.21. The molecule has 0 saturated carbocycles. The predicted molar refractivity (Wildman–Crippen MR) is 72.1 cm³/mol. The fourth-order valence-corrected chi connectivity index (χ4v) is 1.90. The van der Waals surface area contributed by atoms with Crippen molar-refractivity contribution in [1.29, 1.82) is 0 Å². The number of anilines is 1. The molecule has 0 aliphatic carbocycles. The summed E-state index contributed by atoms with van der Waals surface area (Å²) in [5, 5.41) is 10.9. The Balaban J connectivity index is 2.20. The van der Waals surface area contributed by atoms with Crippen LogP contribution in [0.5, 0.6) is 0 Å². The summed E-state index contributed by atoms with van der Waals surface area (Å²) in [6.07, 6.45) is 7.57. The number of hydrogen-bond acceptors (Lipinski definition) is 3. The van der Waals surface area contributed by atoms with E-state index in [1.807, 2.05) is 30.3 Å². The van der Waals surface area contributed by atoms with Crippen LogP contribution < -0.4 is 10.6 Å². The fourth-order valence-electron chi connectivity index (χ4n) is 1.90. The first-order valence-electron chi connectivity index (χ1n) is 6.60. The summed E-state index contributed by atoms with van der Waals surface area (Å²) < 4.78 is 0. The molecule has 1 aromatic rings. The third kappa shape index (κ3) is 5.71. The quantitative estimate of drug-likeness (QED) is 0.506. The molecule has 1 aromatic carbocycles. The van der Waals surface area contributed by atoms with Gasteiger partial charge in [-0.2, -0.15) is 0 Å². The number of nitrogens with one attached hydrogen (secondary N) is 1. The molecule has 0 heterocycles. The minimum atomic E-state index is 0.840. The molecule has 0 atom stereocenters. The highest BCUT2D eigenvalue weighted by Gasteiger charge is 2.03. The second-order valence-electron chi connectivity index (χ2n) is 4.35. The summed E-state index contributed by atoms with van der Waals surface area (Å²) in [5.41, 5.74) is 3.26. The SMILES string of the molecule is CCCCCCCCN(NO)c1ccccc1. The highest BCUT2D eigenvalue weighted by Crippen LogP contribution is 2.12. The van der Waals surface area contributed by atoms with Crippen LogP contribution in [-0.4, -0.2) is 11.8 Å². The van der Waals surface area contributed by atoms with Gasteiger partial charge in [-0.05, 0) is 18.6 Å². The normalized spacial score (nSPS) is 10.5. The van der Waals surface area contributed by atoms with Crippen molar-refractivity contribution in [3.05, 3.63) is 30.3 Å². The van der Waals surface area contributed by atoms with E-state index in [1.165, 1.54) is 32.1 Å². The lowest BCUT2D eigenvalue weighted by molar-refractivity contribution is 0.153. The van der Waals surface area contributed by atoms with Gasteiger partial charge in [-0.15, -0.1) is 5.59 Å². The van der Waals surface area contributed by atoms with E-state index in [0.29, 0.717) is 0 Å². The average molecular weight is 236 g/mol.